The predicted molar refractivity (Wildman–Crippen MR) is 88.1 cm³/mol. The number of hydrogen-bond acceptors (Lipinski definition) is 4. The van der Waals surface area contributed by atoms with E-state index < -0.39 is 6.23 Å². The summed E-state index contributed by atoms with van der Waals surface area (Å²) in [7, 11) is 1.71. The molecule has 1 aromatic heterocycles. The lowest BCUT2D eigenvalue weighted by atomic mass is 9.89. The minimum atomic E-state index is -0.394. The Bertz CT molecular complexity index is 846. The quantitative estimate of drug-likeness (QED) is 0.926. The minimum absolute atomic E-state index is 0.0870. The van der Waals surface area contributed by atoms with E-state index in [-0.39, 0.29) is 11.2 Å². The zero-order valence-corrected chi connectivity index (χ0v) is 13.5. The van der Waals surface area contributed by atoms with Crippen molar-refractivity contribution in [3.8, 4) is 6.07 Å². The maximum absolute atomic E-state index is 11.8. The standard InChI is InChI=1S/C18H19N3O2/c1-18(2)10-13-5-4-12(11-19)8-15(13)17(23-18)20-14-6-7-21(3)16(22)9-14/h4-9,17,20H,10H2,1-3H3. The molecule has 1 N–H and O–H groups in total. The lowest BCUT2D eigenvalue weighted by Crippen LogP contribution is -2.37. The van der Waals surface area contributed by atoms with Gasteiger partial charge in [0.15, 0.2) is 6.23 Å². The van der Waals surface area contributed by atoms with Crippen molar-refractivity contribution in [2.75, 3.05) is 5.32 Å². The number of aromatic nitrogens is 1. The number of rotatable bonds is 2. The van der Waals surface area contributed by atoms with Crippen molar-refractivity contribution in [1.29, 1.82) is 5.26 Å². The summed E-state index contributed by atoms with van der Waals surface area (Å²) < 4.78 is 7.66. The van der Waals surface area contributed by atoms with E-state index in [0.717, 1.165) is 17.5 Å². The molecule has 0 spiro atoms. The van der Waals surface area contributed by atoms with Crippen LogP contribution in [0.1, 0.15) is 36.8 Å². The number of anilines is 1. The molecule has 1 aliphatic heterocycles. The molecule has 1 aromatic carbocycles. The first-order valence-electron chi connectivity index (χ1n) is 7.52. The molecule has 2 heterocycles. The molecule has 0 bridgehead atoms. The molecule has 1 atom stereocenters. The smallest absolute Gasteiger partial charge is 0.252 e. The molecule has 23 heavy (non-hydrogen) atoms. The van der Waals surface area contributed by atoms with Crippen molar-refractivity contribution in [3.05, 3.63) is 63.6 Å². The summed E-state index contributed by atoms with van der Waals surface area (Å²) in [5.74, 6) is 0. The number of ether oxygens (including phenoxy) is 1. The monoisotopic (exact) mass is 309 g/mol. The Hall–Kier alpha value is -2.58. The van der Waals surface area contributed by atoms with Crippen LogP contribution < -0.4 is 10.9 Å². The number of pyridine rings is 1. The first-order valence-corrected chi connectivity index (χ1v) is 7.52. The summed E-state index contributed by atoms with van der Waals surface area (Å²) in [6.45, 7) is 4.07. The number of nitriles is 1. The number of hydrogen-bond donors (Lipinski definition) is 1. The highest BCUT2D eigenvalue weighted by Crippen LogP contribution is 2.36. The first-order chi connectivity index (χ1) is 10.9. The summed E-state index contributed by atoms with van der Waals surface area (Å²) in [4.78, 5) is 11.8. The molecule has 1 aliphatic rings. The third-order valence-corrected chi connectivity index (χ3v) is 4.01. The summed E-state index contributed by atoms with van der Waals surface area (Å²) in [5.41, 5.74) is 2.99. The van der Waals surface area contributed by atoms with E-state index in [9.17, 15) is 4.79 Å². The Balaban J connectivity index is 1.99. The largest absolute Gasteiger partial charge is 0.356 e. The lowest BCUT2D eigenvalue weighted by molar-refractivity contribution is -0.0722. The van der Waals surface area contributed by atoms with Crippen LogP contribution in [0.4, 0.5) is 5.69 Å². The number of nitrogens with zero attached hydrogens (tertiary/aromatic N) is 2. The average Bonchev–Trinajstić information content (AvgIpc) is 2.49. The Kier molecular flexibility index (Phi) is 3.70. The summed E-state index contributed by atoms with van der Waals surface area (Å²) in [6, 6.07) is 11.2. The third-order valence-electron chi connectivity index (χ3n) is 4.01. The van der Waals surface area contributed by atoms with Crippen molar-refractivity contribution in [2.45, 2.75) is 32.1 Å². The van der Waals surface area contributed by atoms with E-state index in [1.165, 1.54) is 4.57 Å². The maximum atomic E-state index is 11.8. The Morgan fingerprint density at radius 1 is 1.35 bits per heavy atom. The highest BCUT2D eigenvalue weighted by atomic mass is 16.5. The number of benzene rings is 1. The molecule has 5 heteroatoms. The molecule has 118 valence electrons. The van der Waals surface area contributed by atoms with Crippen molar-refractivity contribution in [2.24, 2.45) is 7.05 Å². The highest BCUT2D eigenvalue weighted by Gasteiger charge is 2.33. The fourth-order valence-corrected chi connectivity index (χ4v) is 2.85. The average molecular weight is 309 g/mol. The van der Waals surface area contributed by atoms with Crippen molar-refractivity contribution in [3.63, 3.8) is 0 Å². The van der Waals surface area contributed by atoms with Gasteiger partial charge in [-0.3, -0.25) is 4.79 Å². The second kappa shape index (κ2) is 5.56. The van der Waals surface area contributed by atoms with Crippen LogP contribution in [0.3, 0.4) is 0 Å². The van der Waals surface area contributed by atoms with Crippen LogP contribution in [-0.2, 0) is 18.2 Å². The predicted octanol–water partition coefficient (Wildman–Crippen LogP) is 2.72. The third kappa shape index (κ3) is 3.13. The molecule has 0 fully saturated rings. The van der Waals surface area contributed by atoms with Gasteiger partial charge in [-0.1, -0.05) is 6.07 Å². The molecule has 1 unspecified atom stereocenters. The summed E-state index contributed by atoms with van der Waals surface area (Å²) in [6.07, 6.45) is 2.10. The number of aryl methyl sites for hydroxylation is 1. The van der Waals surface area contributed by atoms with Crippen molar-refractivity contribution in [1.82, 2.24) is 4.57 Å². The van der Waals surface area contributed by atoms with Gasteiger partial charge in [-0.05, 0) is 37.6 Å². The number of fused-ring (bicyclic) bond motifs is 1. The second-order valence-corrected chi connectivity index (χ2v) is 6.47. The van der Waals surface area contributed by atoms with Crippen LogP contribution in [0.5, 0.6) is 0 Å². The van der Waals surface area contributed by atoms with E-state index >= 15 is 0 Å². The van der Waals surface area contributed by atoms with Gasteiger partial charge < -0.3 is 14.6 Å². The van der Waals surface area contributed by atoms with Gasteiger partial charge in [0.25, 0.3) is 5.56 Å². The van der Waals surface area contributed by atoms with Crippen molar-refractivity contribution < 1.29 is 4.74 Å². The van der Waals surface area contributed by atoms with Gasteiger partial charge in [0.05, 0.1) is 17.2 Å². The zero-order chi connectivity index (χ0) is 16.6. The summed E-state index contributed by atoms with van der Waals surface area (Å²) in [5, 5.41) is 12.4. The molecule has 3 rings (SSSR count). The van der Waals surface area contributed by atoms with Crippen LogP contribution in [0.15, 0.2) is 41.3 Å². The van der Waals surface area contributed by atoms with Crippen LogP contribution >= 0.6 is 0 Å². The van der Waals surface area contributed by atoms with Crippen LogP contribution in [0.2, 0.25) is 0 Å². The van der Waals surface area contributed by atoms with Crippen LogP contribution in [0.25, 0.3) is 0 Å². The first kappa shape index (κ1) is 15.3. The Labute approximate surface area is 135 Å². The van der Waals surface area contributed by atoms with Gasteiger partial charge in [-0.15, -0.1) is 0 Å². The fourth-order valence-electron chi connectivity index (χ4n) is 2.85. The lowest BCUT2D eigenvalue weighted by Gasteiger charge is -2.38. The summed E-state index contributed by atoms with van der Waals surface area (Å²) >= 11 is 0. The van der Waals surface area contributed by atoms with Gasteiger partial charge in [0.1, 0.15) is 0 Å². The normalized spacial score (nSPS) is 18.8. The van der Waals surface area contributed by atoms with Crippen molar-refractivity contribution >= 4 is 5.69 Å². The molecule has 0 saturated heterocycles. The van der Waals surface area contributed by atoms with E-state index in [2.05, 4.69) is 11.4 Å². The topological polar surface area (TPSA) is 67.1 Å². The molecule has 0 saturated carbocycles. The highest BCUT2D eigenvalue weighted by molar-refractivity contribution is 5.47. The van der Waals surface area contributed by atoms with Gasteiger partial charge in [-0.2, -0.15) is 5.26 Å². The molecular weight excluding hydrogens is 290 g/mol. The Morgan fingerprint density at radius 3 is 2.83 bits per heavy atom. The Morgan fingerprint density at radius 2 is 2.13 bits per heavy atom. The molecule has 2 aromatic rings. The fraction of sp³-hybridized carbons (Fsp3) is 0.333. The molecular formula is C18H19N3O2. The van der Waals surface area contributed by atoms with Gasteiger partial charge in [0.2, 0.25) is 0 Å². The maximum Gasteiger partial charge on any atom is 0.252 e. The molecule has 0 aliphatic carbocycles. The second-order valence-electron chi connectivity index (χ2n) is 6.47. The minimum Gasteiger partial charge on any atom is -0.356 e. The van der Waals surface area contributed by atoms with Crippen LogP contribution in [-0.4, -0.2) is 10.2 Å². The van der Waals surface area contributed by atoms with E-state index in [1.54, 1.807) is 19.3 Å². The van der Waals surface area contributed by atoms with E-state index in [1.807, 2.05) is 38.1 Å². The molecule has 5 nitrogen and oxygen atoms in total. The molecule has 0 amide bonds. The van der Waals surface area contributed by atoms with Gasteiger partial charge >= 0.3 is 0 Å². The van der Waals surface area contributed by atoms with Gasteiger partial charge in [-0.25, -0.2) is 0 Å². The van der Waals surface area contributed by atoms with E-state index in [0.29, 0.717) is 11.3 Å². The van der Waals surface area contributed by atoms with Crippen LogP contribution in [0, 0.1) is 11.3 Å². The number of nitrogens with one attached hydrogen (secondary N) is 1. The SMILES string of the molecule is Cn1ccc(NC2OC(C)(C)Cc3ccc(C#N)cc32)cc1=O. The zero-order valence-electron chi connectivity index (χ0n) is 13.5. The molecule has 0 radical (unpaired) electrons. The van der Waals surface area contributed by atoms with E-state index in [4.69, 9.17) is 10.00 Å². The van der Waals surface area contributed by atoms with Gasteiger partial charge in [0, 0.05) is 37.0 Å².